The molecule has 1 saturated heterocycles. The molecule has 2 aromatic carbocycles. The van der Waals surface area contributed by atoms with Gasteiger partial charge < -0.3 is 4.90 Å². The maximum Gasteiger partial charge on any atom is 0.270 e. The van der Waals surface area contributed by atoms with Crippen LogP contribution in [0, 0.1) is 21.4 Å². The molecule has 3 amide bonds. The number of nitriles is 1. The second kappa shape index (κ2) is 8.59. The molecule has 1 aliphatic heterocycles. The van der Waals surface area contributed by atoms with Gasteiger partial charge in [-0.15, -0.1) is 0 Å². The number of nitro benzene ring substituents is 1. The Hall–Kier alpha value is -4.06. The topological polar surface area (TPSA) is 125 Å². The molecule has 0 radical (unpaired) electrons. The Balaban J connectivity index is 1.68. The Labute approximate surface area is 184 Å². The number of benzene rings is 2. The largest absolute Gasteiger partial charge is 0.323 e. The Morgan fingerprint density at radius 2 is 1.81 bits per heavy atom. The standard InChI is InChI=1S/C23H20N4O5/c24-14-15-8-10-18(11-9-15)26-21(28)13-20(23(26)30)25(17-5-1-2-6-17)22(29)16-4-3-7-19(12-16)27(31)32/h3-4,7-12,17,20H,1-2,5-6,13H2. The zero-order valence-electron chi connectivity index (χ0n) is 17.1. The molecular formula is C23H20N4O5. The summed E-state index contributed by atoms with van der Waals surface area (Å²) in [5, 5.41) is 20.1. The molecule has 2 aliphatic rings. The molecule has 9 nitrogen and oxygen atoms in total. The van der Waals surface area contributed by atoms with E-state index in [0.717, 1.165) is 17.7 Å². The zero-order chi connectivity index (χ0) is 22.8. The van der Waals surface area contributed by atoms with E-state index < -0.39 is 28.7 Å². The van der Waals surface area contributed by atoms with Gasteiger partial charge in [0.2, 0.25) is 5.91 Å². The van der Waals surface area contributed by atoms with Crippen LogP contribution in [0.4, 0.5) is 11.4 Å². The van der Waals surface area contributed by atoms with Crippen molar-refractivity contribution in [1.82, 2.24) is 4.90 Å². The summed E-state index contributed by atoms with van der Waals surface area (Å²) in [5.74, 6) is -1.43. The van der Waals surface area contributed by atoms with Gasteiger partial charge in [-0.3, -0.25) is 24.5 Å². The summed E-state index contributed by atoms with van der Waals surface area (Å²) in [6.45, 7) is 0. The molecule has 1 saturated carbocycles. The Kier molecular flexibility index (Phi) is 5.69. The van der Waals surface area contributed by atoms with E-state index in [1.807, 2.05) is 6.07 Å². The van der Waals surface area contributed by atoms with Gasteiger partial charge in [0.15, 0.2) is 0 Å². The lowest BCUT2D eigenvalue weighted by molar-refractivity contribution is -0.384. The second-order valence-electron chi connectivity index (χ2n) is 7.90. The van der Waals surface area contributed by atoms with Gasteiger partial charge in [-0.1, -0.05) is 18.9 Å². The predicted molar refractivity (Wildman–Crippen MR) is 114 cm³/mol. The van der Waals surface area contributed by atoms with Gasteiger partial charge in [-0.2, -0.15) is 5.26 Å². The summed E-state index contributed by atoms with van der Waals surface area (Å²) in [4.78, 5) is 52.6. The van der Waals surface area contributed by atoms with E-state index >= 15 is 0 Å². The molecule has 0 N–H and O–H groups in total. The Bertz CT molecular complexity index is 1130. The number of nitrogens with zero attached hydrogens (tertiary/aromatic N) is 4. The number of carbonyl (C=O) groups excluding carboxylic acids is 3. The van der Waals surface area contributed by atoms with Gasteiger partial charge in [-0.05, 0) is 43.2 Å². The number of hydrogen-bond acceptors (Lipinski definition) is 6. The highest BCUT2D eigenvalue weighted by Crippen LogP contribution is 2.33. The number of anilines is 1. The third-order valence-electron chi connectivity index (χ3n) is 5.97. The quantitative estimate of drug-likeness (QED) is 0.406. The van der Waals surface area contributed by atoms with Gasteiger partial charge in [0.25, 0.3) is 17.5 Å². The van der Waals surface area contributed by atoms with Gasteiger partial charge in [0.1, 0.15) is 6.04 Å². The van der Waals surface area contributed by atoms with E-state index in [0.29, 0.717) is 24.1 Å². The summed E-state index contributed by atoms with van der Waals surface area (Å²) >= 11 is 0. The third kappa shape index (κ3) is 3.83. The Morgan fingerprint density at radius 1 is 1.12 bits per heavy atom. The predicted octanol–water partition coefficient (Wildman–Crippen LogP) is 3.18. The van der Waals surface area contributed by atoms with Crippen molar-refractivity contribution in [2.24, 2.45) is 0 Å². The maximum atomic E-state index is 13.5. The molecule has 2 fully saturated rings. The van der Waals surface area contributed by atoms with Crippen LogP contribution in [0.25, 0.3) is 0 Å². The third-order valence-corrected chi connectivity index (χ3v) is 5.97. The van der Waals surface area contributed by atoms with Crippen LogP contribution >= 0.6 is 0 Å². The van der Waals surface area contributed by atoms with Crippen LogP contribution in [0.2, 0.25) is 0 Å². The van der Waals surface area contributed by atoms with E-state index in [1.165, 1.54) is 53.4 Å². The van der Waals surface area contributed by atoms with Crippen LogP contribution in [0.5, 0.6) is 0 Å². The van der Waals surface area contributed by atoms with Crippen molar-refractivity contribution in [3.8, 4) is 6.07 Å². The SMILES string of the molecule is N#Cc1ccc(N2C(=O)CC(N(C(=O)c3cccc([N+](=O)[O-])c3)C3CCCC3)C2=O)cc1. The minimum absolute atomic E-state index is 0.114. The average Bonchev–Trinajstić information content (AvgIpc) is 3.42. The molecule has 162 valence electrons. The van der Waals surface area contributed by atoms with E-state index in [4.69, 9.17) is 5.26 Å². The first-order valence-corrected chi connectivity index (χ1v) is 10.3. The van der Waals surface area contributed by atoms with Crippen molar-refractivity contribution < 1.29 is 19.3 Å². The molecule has 1 aliphatic carbocycles. The van der Waals surface area contributed by atoms with Crippen LogP contribution in [0.15, 0.2) is 48.5 Å². The highest BCUT2D eigenvalue weighted by Gasteiger charge is 2.47. The molecule has 32 heavy (non-hydrogen) atoms. The van der Waals surface area contributed by atoms with Crippen molar-refractivity contribution in [3.63, 3.8) is 0 Å². The van der Waals surface area contributed by atoms with Crippen molar-refractivity contribution in [3.05, 3.63) is 69.8 Å². The van der Waals surface area contributed by atoms with Crippen LogP contribution < -0.4 is 4.90 Å². The number of nitro groups is 1. The minimum atomic E-state index is -0.979. The van der Waals surface area contributed by atoms with E-state index in [9.17, 15) is 24.5 Å². The van der Waals surface area contributed by atoms with E-state index in [1.54, 1.807) is 0 Å². The lowest BCUT2D eigenvalue weighted by Gasteiger charge is -2.33. The smallest absolute Gasteiger partial charge is 0.270 e. The van der Waals surface area contributed by atoms with Gasteiger partial charge in [0, 0.05) is 23.7 Å². The minimum Gasteiger partial charge on any atom is -0.323 e. The molecule has 1 unspecified atom stereocenters. The van der Waals surface area contributed by atoms with Gasteiger partial charge in [-0.25, -0.2) is 4.90 Å². The van der Waals surface area contributed by atoms with E-state index in [2.05, 4.69) is 0 Å². The molecule has 1 atom stereocenters. The maximum absolute atomic E-state index is 13.5. The number of rotatable bonds is 5. The molecule has 2 aromatic rings. The number of non-ortho nitro benzene ring substituents is 1. The first-order chi connectivity index (χ1) is 15.4. The van der Waals surface area contributed by atoms with Crippen LogP contribution in [-0.4, -0.2) is 39.6 Å². The van der Waals surface area contributed by atoms with Crippen molar-refractivity contribution in [2.75, 3.05) is 4.90 Å². The van der Waals surface area contributed by atoms with Gasteiger partial charge in [0.05, 0.1) is 28.7 Å². The van der Waals surface area contributed by atoms with Crippen LogP contribution in [0.3, 0.4) is 0 Å². The average molecular weight is 432 g/mol. The number of carbonyl (C=O) groups is 3. The lowest BCUT2D eigenvalue weighted by Crippen LogP contribution is -2.50. The first-order valence-electron chi connectivity index (χ1n) is 10.3. The van der Waals surface area contributed by atoms with E-state index in [-0.39, 0.29) is 23.7 Å². The molecular weight excluding hydrogens is 412 g/mol. The highest BCUT2D eigenvalue weighted by molar-refractivity contribution is 6.23. The number of hydrogen-bond donors (Lipinski definition) is 0. The van der Waals surface area contributed by atoms with Crippen molar-refractivity contribution >= 4 is 29.1 Å². The molecule has 9 heteroatoms. The fourth-order valence-corrected chi connectivity index (χ4v) is 4.44. The number of imide groups is 1. The second-order valence-corrected chi connectivity index (χ2v) is 7.90. The van der Waals surface area contributed by atoms with Crippen molar-refractivity contribution in [1.29, 1.82) is 5.26 Å². The number of amides is 3. The molecule has 0 spiro atoms. The monoisotopic (exact) mass is 432 g/mol. The molecule has 0 bridgehead atoms. The Morgan fingerprint density at radius 3 is 2.44 bits per heavy atom. The molecule has 4 rings (SSSR count). The zero-order valence-corrected chi connectivity index (χ0v) is 17.1. The lowest BCUT2D eigenvalue weighted by atomic mass is 10.1. The summed E-state index contributed by atoms with van der Waals surface area (Å²) in [7, 11) is 0. The fourth-order valence-electron chi connectivity index (χ4n) is 4.44. The summed E-state index contributed by atoms with van der Waals surface area (Å²) in [6.07, 6.45) is 3.05. The summed E-state index contributed by atoms with van der Waals surface area (Å²) < 4.78 is 0. The first kappa shape index (κ1) is 21.2. The van der Waals surface area contributed by atoms with Crippen LogP contribution in [0.1, 0.15) is 48.0 Å². The normalized spacial score (nSPS) is 18.6. The molecule has 0 aromatic heterocycles. The fraction of sp³-hybridized carbons (Fsp3) is 0.304. The highest BCUT2D eigenvalue weighted by atomic mass is 16.6. The van der Waals surface area contributed by atoms with Crippen molar-refractivity contribution in [2.45, 2.75) is 44.2 Å². The molecule has 1 heterocycles. The van der Waals surface area contributed by atoms with Gasteiger partial charge >= 0.3 is 0 Å². The summed E-state index contributed by atoms with van der Waals surface area (Å²) in [5.41, 5.74) is 0.645. The van der Waals surface area contributed by atoms with Crippen LogP contribution in [-0.2, 0) is 9.59 Å². The summed E-state index contributed by atoms with van der Waals surface area (Å²) in [6, 6.07) is 12.3.